The number of anilines is 2. The summed E-state index contributed by atoms with van der Waals surface area (Å²) >= 11 is 0. The first-order valence-electron chi connectivity index (χ1n) is 13.1. The van der Waals surface area contributed by atoms with Crippen molar-refractivity contribution in [1.29, 1.82) is 0 Å². The lowest BCUT2D eigenvalue weighted by atomic mass is 10.1. The number of carbonyl (C=O) groups is 1. The van der Waals surface area contributed by atoms with Gasteiger partial charge in [-0.2, -0.15) is 0 Å². The number of hydrogen-bond acceptors (Lipinski definition) is 7. The minimum absolute atomic E-state index is 0.0274. The maximum Gasteiger partial charge on any atom is 0.260 e. The van der Waals surface area contributed by atoms with Gasteiger partial charge in [0.25, 0.3) is 5.91 Å². The summed E-state index contributed by atoms with van der Waals surface area (Å²) in [5, 5.41) is 12.1. The van der Waals surface area contributed by atoms with E-state index in [9.17, 15) is 4.79 Å². The standard InChI is InChI=1S/C27H36N8O/c1-6-23-31-32-26(34(23)15-17(2)3)21-10-7-11-24(29-21)35-16-20-19(27(35)36)13-25(30-22(20)14-28-5)33-12-8-9-18(33)4/h7,10-11,13,17-18,28H,6,8-9,12,14-16H2,1-5H3. The number of aryl methyl sites for hydroxylation is 1. The molecule has 0 spiro atoms. The third kappa shape index (κ3) is 4.36. The Labute approximate surface area is 213 Å². The molecule has 3 aromatic heterocycles. The van der Waals surface area contributed by atoms with Gasteiger partial charge in [-0.3, -0.25) is 9.69 Å². The molecule has 0 radical (unpaired) electrons. The van der Waals surface area contributed by atoms with Crippen molar-refractivity contribution >= 4 is 17.5 Å². The Morgan fingerprint density at radius 3 is 2.69 bits per heavy atom. The van der Waals surface area contributed by atoms with E-state index in [-0.39, 0.29) is 5.91 Å². The second kappa shape index (κ2) is 9.97. The molecule has 0 saturated carbocycles. The first-order valence-corrected chi connectivity index (χ1v) is 13.1. The van der Waals surface area contributed by atoms with Gasteiger partial charge in [0.05, 0.1) is 17.8 Å². The molecule has 1 amide bonds. The van der Waals surface area contributed by atoms with Crippen molar-refractivity contribution in [2.75, 3.05) is 23.4 Å². The Morgan fingerprint density at radius 2 is 2.00 bits per heavy atom. The zero-order valence-electron chi connectivity index (χ0n) is 22.0. The van der Waals surface area contributed by atoms with Crippen molar-refractivity contribution in [3.8, 4) is 11.5 Å². The van der Waals surface area contributed by atoms with Gasteiger partial charge in [-0.05, 0) is 50.9 Å². The molecular formula is C27H36N8O. The van der Waals surface area contributed by atoms with Crippen LogP contribution in [0.4, 0.5) is 11.6 Å². The third-order valence-corrected chi connectivity index (χ3v) is 7.11. The summed E-state index contributed by atoms with van der Waals surface area (Å²) in [5.41, 5.74) is 3.37. The van der Waals surface area contributed by atoms with Gasteiger partial charge < -0.3 is 14.8 Å². The van der Waals surface area contributed by atoms with Crippen molar-refractivity contribution in [3.05, 3.63) is 46.9 Å². The van der Waals surface area contributed by atoms with E-state index in [1.807, 2.05) is 31.3 Å². The molecule has 1 unspecified atom stereocenters. The number of rotatable bonds is 8. The second-order valence-electron chi connectivity index (χ2n) is 10.2. The van der Waals surface area contributed by atoms with Gasteiger partial charge in [0.2, 0.25) is 0 Å². The molecule has 1 fully saturated rings. The van der Waals surface area contributed by atoms with Crippen LogP contribution in [0, 0.1) is 5.92 Å². The van der Waals surface area contributed by atoms with Gasteiger partial charge in [-0.1, -0.05) is 26.8 Å². The number of aromatic nitrogens is 5. The van der Waals surface area contributed by atoms with E-state index >= 15 is 0 Å². The minimum atomic E-state index is -0.0274. The molecule has 9 heteroatoms. The van der Waals surface area contributed by atoms with Gasteiger partial charge in [0, 0.05) is 37.7 Å². The van der Waals surface area contributed by atoms with Crippen LogP contribution < -0.4 is 15.1 Å². The Hall–Kier alpha value is -3.33. The summed E-state index contributed by atoms with van der Waals surface area (Å²) in [7, 11) is 1.91. The van der Waals surface area contributed by atoms with Crippen molar-refractivity contribution in [2.24, 2.45) is 5.92 Å². The van der Waals surface area contributed by atoms with E-state index in [0.717, 1.165) is 72.3 Å². The number of hydrogen-bond donors (Lipinski definition) is 1. The highest BCUT2D eigenvalue weighted by molar-refractivity contribution is 6.10. The van der Waals surface area contributed by atoms with E-state index < -0.39 is 0 Å². The number of pyridine rings is 2. The molecule has 190 valence electrons. The van der Waals surface area contributed by atoms with Crippen LogP contribution in [0.15, 0.2) is 24.3 Å². The highest BCUT2D eigenvalue weighted by atomic mass is 16.2. The SMILES string of the molecule is CCc1nnc(-c2cccc(N3Cc4c(cc(N5CCCC5C)nc4CNC)C3=O)n2)n1CC(C)C. The topological polar surface area (TPSA) is 92.1 Å². The van der Waals surface area contributed by atoms with Gasteiger partial charge in [-0.15, -0.1) is 10.2 Å². The number of nitrogens with zero attached hydrogens (tertiary/aromatic N) is 7. The molecular weight excluding hydrogens is 452 g/mol. The van der Waals surface area contributed by atoms with Crippen LogP contribution in [0.1, 0.15) is 68.0 Å². The lowest BCUT2D eigenvalue weighted by Gasteiger charge is -2.24. The van der Waals surface area contributed by atoms with E-state index in [0.29, 0.717) is 30.9 Å². The predicted octanol–water partition coefficient (Wildman–Crippen LogP) is 3.82. The van der Waals surface area contributed by atoms with Crippen LogP contribution in [0.2, 0.25) is 0 Å². The zero-order valence-corrected chi connectivity index (χ0v) is 22.0. The molecule has 3 aromatic rings. The Balaban J connectivity index is 1.50. The van der Waals surface area contributed by atoms with Gasteiger partial charge in [-0.25, -0.2) is 9.97 Å². The number of amides is 1. The summed E-state index contributed by atoms with van der Waals surface area (Å²) in [6.07, 6.45) is 3.11. The highest BCUT2D eigenvalue weighted by Crippen LogP contribution is 2.34. The molecule has 1 saturated heterocycles. The van der Waals surface area contributed by atoms with Crippen LogP contribution >= 0.6 is 0 Å². The van der Waals surface area contributed by atoms with Gasteiger partial charge in [0.15, 0.2) is 5.82 Å². The van der Waals surface area contributed by atoms with Crippen LogP contribution in [-0.2, 0) is 26.1 Å². The third-order valence-electron chi connectivity index (χ3n) is 7.11. The molecule has 0 bridgehead atoms. The van der Waals surface area contributed by atoms with Crippen molar-refractivity contribution < 1.29 is 4.79 Å². The van der Waals surface area contributed by atoms with E-state index in [1.54, 1.807) is 4.90 Å². The van der Waals surface area contributed by atoms with Gasteiger partial charge in [0.1, 0.15) is 23.2 Å². The molecule has 5 rings (SSSR count). The average Bonchev–Trinajstić information content (AvgIpc) is 3.56. The Morgan fingerprint density at radius 1 is 1.17 bits per heavy atom. The summed E-state index contributed by atoms with van der Waals surface area (Å²) in [4.78, 5) is 27.7. The lowest BCUT2D eigenvalue weighted by Crippen LogP contribution is -2.28. The largest absolute Gasteiger partial charge is 0.354 e. The summed E-state index contributed by atoms with van der Waals surface area (Å²) in [6, 6.07) is 8.19. The number of nitrogens with one attached hydrogen (secondary N) is 1. The van der Waals surface area contributed by atoms with E-state index in [1.165, 1.54) is 0 Å². The highest BCUT2D eigenvalue weighted by Gasteiger charge is 2.34. The monoisotopic (exact) mass is 488 g/mol. The van der Waals surface area contributed by atoms with Crippen molar-refractivity contribution in [2.45, 2.75) is 72.6 Å². The van der Waals surface area contributed by atoms with Crippen molar-refractivity contribution in [3.63, 3.8) is 0 Å². The quantitative estimate of drug-likeness (QED) is 0.515. The molecule has 0 aliphatic carbocycles. The molecule has 1 N–H and O–H groups in total. The first-order chi connectivity index (χ1) is 17.4. The molecule has 9 nitrogen and oxygen atoms in total. The van der Waals surface area contributed by atoms with Gasteiger partial charge >= 0.3 is 0 Å². The normalized spacial score (nSPS) is 17.5. The zero-order chi connectivity index (χ0) is 25.4. The van der Waals surface area contributed by atoms with Crippen LogP contribution in [0.25, 0.3) is 11.5 Å². The smallest absolute Gasteiger partial charge is 0.260 e. The summed E-state index contributed by atoms with van der Waals surface area (Å²) < 4.78 is 2.15. The van der Waals surface area contributed by atoms with Crippen LogP contribution in [0.3, 0.4) is 0 Å². The summed E-state index contributed by atoms with van der Waals surface area (Å²) in [6.45, 7) is 11.6. The lowest BCUT2D eigenvalue weighted by molar-refractivity contribution is 0.0996. The molecule has 2 aliphatic heterocycles. The average molecular weight is 489 g/mol. The molecule has 36 heavy (non-hydrogen) atoms. The molecule has 0 aromatic carbocycles. The minimum Gasteiger partial charge on any atom is -0.354 e. The molecule has 2 aliphatic rings. The fourth-order valence-corrected chi connectivity index (χ4v) is 5.31. The fourth-order valence-electron chi connectivity index (χ4n) is 5.31. The maximum absolute atomic E-state index is 13.7. The van der Waals surface area contributed by atoms with Crippen LogP contribution in [0.5, 0.6) is 0 Å². The Bertz CT molecular complexity index is 1270. The summed E-state index contributed by atoms with van der Waals surface area (Å²) in [5.74, 6) is 3.64. The van der Waals surface area contributed by atoms with E-state index in [2.05, 4.69) is 52.7 Å². The number of fused-ring (bicyclic) bond motifs is 1. The predicted molar refractivity (Wildman–Crippen MR) is 141 cm³/mol. The molecule has 5 heterocycles. The first kappa shape index (κ1) is 24.4. The van der Waals surface area contributed by atoms with Crippen LogP contribution in [-0.4, -0.2) is 50.3 Å². The Kier molecular flexibility index (Phi) is 6.75. The fraction of sp³-hybridized carbons (Fsp3) is 0.519. The van der Waals surface area contributed by atoms with Crippen molar-refractivity contribution in [1.82, 2.24) is 30.0 Å². The number of carbonyl (C=O) groups excluding carboxylic acids is 1. The second-order valence-corrected chi connectivity index (χ2v) is 10.2. The molecule has 1 atom stereocenters. The van der Waals surface area contributed by atoms with E-state index in [4.69, 9.17) is 9.97 Å². The maximum atomic E-state index is 13.7.